The van der Waals surface area contributed by atoms with Crippen molar-refractivity contribution in [1.29, 1.82) is 0 Å². The van der Waals surface area contributed by atoms with Crippen LogP contribution in [0.3, 0.4) is 0 Å². The molecule has 0 saturated heterocycles. The van der Waals surface area contributed by atoms with Crippen LogP contribution in [-0.2, 0) is 0 Å². The van der Waals surface area contributed by atoms with Crippen molar-refractivity contribution >= 4 is 34.0 Å². The molecule has 0 spiro atoms. The fourth-order valence-corrected chi connectivity index (χ4v) is 2.97. The molecule has 0 heterocycles. The van der Waals surface area contributed by atoms with Crippen LogP contribution in [0.25, 0.3) is 0 Å². The maximum Gasteiger partial charge on any atom is 0.282 e. The molecule has 21 heavy (non-hydrogen) atoms. The summed E-state index contributed by atoms with van der Waals surface area (Å²) >= 11 is 2.01. The molecule has 1 aromatic rings. The zero-order valence-corrected chi connectivity index (χ0v) is 14.9. The van der Waals surface area contributed by atoms with E-state index in [0.29, 0.717) is 3.57 Å². The van der Waals surface area contributed by atoms with E-state index in [-0.39, 0.29) is 10.6 Å². The third kappa shape index (κ3) is 7.64. The van der Waals surface area contributed by atoms with Gasteiger partial charge in [-0.2, -0.15) is 0 Å². The van der Waals surface area contributed by atoms with E-state index >= 15 is 0 Å². The summed E-state index contributed by atoms with van der Waals surface area (Å²) < 4.78 is 0.679. The molecule has 4 nitrogen and oxygen atoms in total. The van der Waals surface area contributed by atoms with Crippen molar-refractivity contribution in [3.05, 3.63) is 31.9 Å². The van der Waals surface area contributed by atoms with Gasteiger partial charge in [0, 0.05) is 18.3 Å². The van der Waals surface area contributed by atoms with E-state index in [1.54, 1.807) is 12.1 Å². The molecule has 0 unspecified atom stereocenters. The lowest BCUT2D eigenvalue weighted by Crippen LogP contribution is -2.02. The largest absolute Gasteiger partial charge is 0.385 e. The minimum Gasteiger partial charge on any atom is -0.385 e. The first kappa shape index (κ1) is 18.2. The third-order valence-corrected chi connectivity index (χ3v) is 4.37. The zero-order valence-electron chi connectivity index (χ0n) is 12.7. The van der Waals surface area contributed by atoms with Crippen molar-refractivity contribution in [3.8, 4) is 0 Å². The molecule has 118 valence electrons. The van der Waals surface area contributed by atoms with E-state index in [1.165, 1.54) is 44.9 Å². The number of nitrogens with zero attached hydrogens (tertiary/aromatic N) is 1. The van der Waals surface area contributed by atoms with Crippen LogP contribution < -0.4 is 5.32 Å². The molecular formula is C16H25IN2O2. The summed E-state index contributed by atoms with van der Waals surface area (Å²) in [7, 11) is 0. The van der Waals surface area contributed by atoms with Gasteiger partial charge < -0.3 is 5.32 Å². The van der Waals surface area contributed by atoms with Crippen LogP contribution in [0, 0.1) is 13.7 Å². The number of unbranched alkanes of at least 4 members (excludes halogenated alkanes) is 7. The van der Waals surface area contributed by atoms with Crippen molar-refractivity contribution in [2.45, 2.75) is 58.3 Å². The second-order valence-electron chi connectivity index (χ2n) is 5.32. The number of nitro groups is 1. The maximum absolute atomic E-state index is 10.7. The first-order valence-corrected chi connectivity index (χ1v) is 8.91. The molecule has 0 amide bonds. The van der Waals surface area contributed by atoms with Crippen molar-refractivity contribution in [2.24, 2.45) is 0 Å². The van der Waals surface area contributed by atoms with Gasteiger partial charge >= 0.3 is 0 Å². The first-order valence-electron chi connectivity index (χ1n) is 7.83. The molecule has 0 aliphatic heterocycles. The van der Waals surface area contributed by atoms with Crippen LogP contribution in [0.15, 0.2) is 18.2 Å². The monoisotopic (exact) mass is 404 g/mol. The van der Waals surface area contributed by atoms with E-state index in [9.17, 15) is 10.1 Å². The van der Waals surface area contributed by atoms with Crippen LogP contribution in [0.2, 0.25) is 0 Å². The third-order valence-electron chi connectivity index (χ3n) is 3.50. The van der Waals surface area contributed by atoms with Gasteiger partial charge in [-0.15, -0.1) is 0 Å². The summed E-state index contributed by atoms with van der Waals surface area (Å²) in [4.78, 5) is 10.4. The first-order chi connectivity index (χ1) is 10.1. The predicted octanol–water partition coefficient (Wildman–Crippen LogP) is 5.75. The van der Waals surface area contributed by atoms with Crippen molar-refractivity contribution < 1.29 is 4.92 Å². The average Bonchev–Trinajstić information content (AvgIpc) is 2.45. The number of nitrogens with one attached hydrogen (secondary N) is 1. The van der Waals surface area contributed by atoms with Crippen molar-refractivity contribution in [2.75, 3.05) is 11.9 Å². The number of rotatable bonds is 11. The lowest BCUT2D eigenvalue weighted by atomic mass is 10.1. The second-order valence-corrected chi connectivity index (χ2v) is 6.49. The Bertz CT molecular complexity index is 438. The van der Waals surface area contributed by atoms with Crippen LogP contribution in [0.4, 0.5) is 11.4 Å². The van der Waals surface area contributed by atoms with E-state index in [1.807, 2.05) is 28.7 Å². The highest BCUT2D eigenvalue weighted by molar-refractivity contribution is 14.1. The topological polar surface area (TPSA) is 55.2 Å². The second kappa shape index (κ2) is 10.8. The Kier molecular flexibility index (Phi) is 9.37. The van der Waals surface area contributed by atoms with Gasteiger partial charge in [0.1, 0.15) is 0 Å². The normalized spacial score (nSPS) is 10.6. The maximum atomic E-state index is 10.7. The highest BCUT2D eigenvalue weighted by Gasteiger charge is 2.10. The predicted molar refractivity (Wildman–Crippen MR) is 96.9 cm³/mol. The van der Waals surface area contributed by atoms with Gasteiger partial charge in [-0.25, -0.2) is 0 Å². The van der Waals surface area contributed by atoms with Gasteiger partial charge in [-0.05, 0) is 41.1 Å². The number of hydrogen-bond donors (Lipinski definition) is 1. The van der Waals surface area contributed by atoms with Gasteiger partial charge in [0.05, 0.1) is 8.49 Å². The summed E-state index contributed by atoms with van der Waals surface area (Å²) in [5.74, 6) is 0. The minimum atomic E-state index is -0.343. The molecule has 0 aliphatic carbocycles. The number of anilines is 1. The lowest BCUT2D eigenvalue weighted by molar-refractivity contribution is -0.385. The summed E-state index contributed by atoms with van der Waals surface area (Å²) in [6.07, 6.45) is 10.5. The number of benzene rings is 1. The van der Waals surface area contributed by atoms with Gasteiger partial charge in [0.2, 0.25) is 0 Å². The molecule has 1 N–H and O–H groups in total. The molecule has 0 aromatic heterocycles. The summed E-state index contributed by atoms with van der Waals surface area (Å²) in [6.45, 7) is 3.17. The van der Waals surface area contributed by atoms with Crippen LogP contribution >= 0.6 is 22.6 Å². The van der Waals surface area contributed by atoms with Crippen LogP contribution in [-0.4, -0.2) is 11.5 Å². The molecule has 0 fully saturated rings. The van der Waals surface area contributed by atoms with E-state index in [0.717, 1.165) is 18.7 Å². The molecular weight excluding hydrogens is 379 g/mol. The molecule has 0 saturated carbocycles. The molecule has 1 rings (SSSR count). The Morgan fingerprint density at radius 3 is 2.29 bits per heavy atom. The molecule has 0 bridgehead atoms. The Hall–Kier alpha value is -0.850. The molecule has 0 aliphatic rings. The summed E-state index contributed by atoms with van der Waals surface area (Å²) in [5, 5.41) is 14.1. The fraction of sp³-hybridized carbons (Fsp3) is 0.625. The van der Waals surface area contributed by atoms with Crippen LogP contribution in [0.5, 0.6) is 0 Å². The Labute approximate surface area is 141 Å². The smallest absolute Gasteiger partial charge is 0.282 e. The van der Waals surface area contributed by atoms with E-state index in [4.69, 9.17) is 0 Å². The van der Waals surface area contributed by atoms with Crippen molar-refractivity contribution in [3.63, 3.8) is 0 Å². The minimum absolute atomic E-state index is 0.174. The standard InChI is InChI=1S/C16H25IN2O2/c1-2-3-4-5-6-7-8-9-12-18-14-10-11-16(19(20)21)15(17)13-14/h10-11,13,18H,2-9,12H2,1H3. The molecule has 5 heteroatoms. The lowest BCUT2D eigenvalue weighted by Gasteiger charge is -2.07. The highest BCUT2D eigenvalue weighted by atomic mass is 127. The summed E-state index contributed by atoms with van der Waals surface area (Å²) in [5.41, 5.74) is 1.14. The fourth-order valence-electron chi connectivity index (χ4n) is 2.26. The van der Waals surface area contributed by atoms with Gasteiger partial charge in [-0.1, -0.05) is 51.9 Å². The van der Waals surface area contributed by atoms with Gasteiger partial charge in [0.25, 0.3) is 5.69 Å². The number of halogens is 1. The quantitative estimate of drug-likeness (QED) is 0.221. The Morgan fingerprint density at radius 2 is 1.71 bits per heavy atom. The molecule has 1 aromatic carbocycles. The molecule has 0 radical (unpaired) electrons. The Morgan fingerprint density at radius 1 is 1.10 bits per heavy atom. The zero-order chi connectivity index (χ0) is 15.5. The summed E-state index contributed by atoms with van der Waals surface area (Å²) in [6, 6.07) is 5.19. The number of nitro benzene ring substituents is 1. The number of hydrogen-bond acceptors (Lipinski definition) is 3. The van der Waals surface area contributed by atoms with Crippen LogP contribution in [0.1, 0.15) is 58.3 Å². The average molecular weight is 404 g/mol. The Balaban J connectivity index is 2.13. The van der Waals surface area contributed by atoms with Gasteiger partial charge in [-0.3, -0.25) is 10.1 Å². The van der Waals surface area contributed by atoms with E-state index < -0.39 is 0 Å². The van der Waals surface area contributed by atoms with E-state index in [2.05, 4.69) is 12.2 Å². The molecule has 0 atom stereocenters. The highest BCUT2D eigenvalue weighted by Crippen LogP contribution is 2.24. The van der Waals surface area contributed by atoms with Crippen molar-refractivity contribution in [1.82, 2.24) is 0 Å². The SMILES string of the molecule is CCCCCCCCCCNc1ccc([N+](=O)[O-])c(I)c1. The van der Waals surface area contributed by atoms with Gasteiger partial charge in [0.15, 0.2) is 0 Å².